The maximum Gasteiger partial charge on any atom is 0.392 e. The fourth-order valence-corrected chi connectivity index (χ4v) is 1.29. The molecule has 98 valence electrons. The van der Waals surface area contributed by atoms with Crippen molar-refractivity contribution in [3.05, 3.63) is 6.33 Å². The Labute approximate surface area is 99.6 Å². The minimum absolute atomic E-state index is 0.0473. The smallest absolute Gasteiger partial charge is 0.392 e. The SMILES string of the molecule is CNc1nc(OCCC(F)(F)F)c2[nH]cnc2n1. The van der Waals surface area contributed by atoms with E-state index in [2.05, 4.69) is 25.3 Å². The maximum atomic E-state index is 12.0. The summed E-state index contributed by atoms with van der Waals surface area (Å²) in [6.07, 6.45) is -3.93. The van der Waals surface area contributed by atoms with E-state index in [4.69, 9.17) is 4.74 Å². The van der Waals surface area contributed by atoms with Gasteiger partial charge in [0.1, 0.15) is 5.52 Å². The molecule has 2 aromatic rings. The number of hydrogen-bond donors (Lipinski definition) is 2. The molecule has 9 heteroatoms. The predicted octanol–water partition coefficient (Wildman–Crippen LogP) is 1.73. The van der Waals surface area contributed by atoms with Crippen LogP contribution in [0.25, 0.3) is 11.2 Å². The summed E-state index contributed by atoms with van der Waals surface area (Å²) < 4.78 is 41.1. The van der Waals surface area contributed by atoms with E-state index in [-0.39, 0.29) is 11.8 Å². The van der Waals surface area contributed by atoms with Crippen LogP contribution in [0.5, 0.6) is 5.88 Å². The van der Waals surface area contributed by atoms with Crippen molar-refractivity contribution in [1.29, 1.82) is 0 Å². The van der Waals surface area contributed by atoms with Crippen LogP contribution in [0, 0.1) is 0 Å². The lowest BCUT2D eigenvalue weighted by molar-refractivity contribution is -0.139. The minimum Gasteiger partial charge on any atom is -0.476 e. The molecule has 0 aliphatic carbocycles. The molecule has 6 nitrogen and oxygen atoms in total. The number of aromatic amines is 1. The maximum absolute atomic E-state index is 12.0. The molecule has 0 bridgehead atoms. The van der Waals surface area contributed by atoms with Gasteiger partial charge in [-0.05, 0) is 0 Å². The van der Waals surface area contributed by atoms with Gasteiger partial charge in [0, 0.05) is 7.05 Å². The topological polar surface area (TPSA) is 75.7 Å². The van der Waals surface area contributed by atoms with E-state index in [0.717, 1.165) is 0 Å². The number of imidazole rings is 1. The largest absolute Gasteiger partial charge is 0.476 e. The Morgan fingerprint density at radius 1 is 1.39 bits per heavy atom. The van der Waals surface area contributed by atoms with Crippen molar-refractivity contribution < 1.29 is 17.9 Å². The number of hydrogen-bond acceptors (Lipinski definition) is 5. The molecule has 0 saturated heterocycles. The van der Waals surface area contributed by atoms with Crippen LogP contribution in [0.3, 0.4) is 0 Å². The molecule has 0 spiro atoms. The summed E-state index contributed by atoms with van der Waals surface area (Å²) in [6, 6.07) is 0. The summed E-state index contributed by atoms with van der Waals surface area (Å²) in [7, 11) is 1.59. The molecule has 0 fully saturated rings. The molecule has 0 unspecified atom stereocenters. The number of nitrogens with one attached hydrogen (secondary N) is 2. The number of rotatable bonds is 4. The van der Waals surface area contributed by atoms with Crippen LogP contribution in [0.15, 0.2) is 6.33 Å². The van der Waals surface area contributed by atoms with Gasteiger partial charge in [-0.15, -0.1) is 0 Å². The first-order valence-corrected chi connectivity index (χ1v) is 5.08. The average Bonchev–Trinajstić information content (AvgIpc) is 2.75. The highest BCUT2D eigenvalue weighted by Gasteiger charge is 2.27. The van der Waals surface area contributed by atoms with Crippen molar-refractivity contribution >= 4 is 17.1 Å². The number of ether oxygens (including phenoxy) is 1. The normalized spacial score (nSPS) is 11.8. The fraction of sp³-hybridized carbons (Fsp3) is 0.444. The van der Waals surface area contributed by atoms with Gasteiger partial charge < -0.3 is 15.0 Å². The Hall–Kier alpha value is -2.06. The van der Waals surface area contributed by atoms with Crippen LogP contribution < -0.4 is 10.1 Å². The van der Waals surface area contributed by atoms with Gasteiger partial charge in [0.05, 0.1) is 19.4 Å². The zero-order valence-corrected chi connectivity index (χ0v) is 9.38. The second-order valence-corrected chi connectivity index (χ2v) is 3.42. The Morgan fingerprint density at radius 3 is 2.83 bits per heavy atom. The number of halogens is 3. The highest BCUT2D eigenvalue weighted by Crippen LogP contribution is 2.23. The summed E-state index contributed by atoms with van der Waals surface area (Å²) in [5.41, 5.74) is 0.701. The Morgan fingerprint density at radius 2 is 2.17 bits per heavy atom. The van der Waals surface area contributed by atoms with Crippen molar-refractivity contribution in [2.24, 2.45) is 0 Å². The predicted molar refractivity (Wildman–Crippen MR) is 57.4 cm³/mol. The molecule has 0 aliphatic heterocycles. The van der Waals surface area contributed by atoms with E-state index in [9.17, 15) is 13.2 Å². The molecule has 2 N–H and O–H groups in total. The monoisotopic (exact) mass is 261 g/mol. The summed E-state index contributed by atoms with van der Waals surface area (Å²) in [5, 5.41) is 2.68. The molecule has 0 saturated carbocycles. The molecular weight excluding hydrogens is 251 g/mol. The van der Waals surface area contributed by atoms with E-state index in [1.54, 1.807) is 7.05 Å². The van der Waals surface area contributed by atoms with Crippen molar-refractivity contribution in [2.45, 2.75) is 12.6 Å². The second-order valence-electron chi connectivity index (χ2n) is 3.42. The third kappa shape index (κ3) is 2.79. The molecule has 2 aromatic heterocycles. The standard InChI is InChI=1S/C9H10F3N5O/c1-13-8-16-6-5(14-4-15-6)7(17-8)18-3-2-9(10,11)12/h4H,2-3H2,1H3,(H2,13,14,15,16,17). The van der Waals surface area contributed by atoms with Crippen molar-refractivity contribution in [1.82, 2.24) is 19.9 Å². The van der Waals surface area contributed by atoms with Gasteiger partial charge in [-0.3, -0.25) is 0 Å². The first kappa shape index (κ1) is 12.4. The van der Waals surface area contributed by atoms with Crippen LogP contribution in [-0.2, 0) is 0 Å². The summed E-state index contributed by atoms with van der Waals surface area (Å²) in [5.74, 6) is 0.280. The van der Waals surface area contributed by atoms with Gasteiger partial charge in [-0.1, -0.05) is 0 Å². The molecule has 18 heavy (non-hydrogen) atoms. The first-order chi connectivity index (χ1) is 8.49. The van der Waals surface area contributed by atoms with Crippen molar-refractivity contribution in [2.75, 3.05) is 19.0 Å². The van der Waals surface area contributed by atoms with Gasteiger partial charge in [0.2, 0.25) is 11.8 Å². The van der Waals surface area contributed by atoms with E-state index < -0.39 is 19.2 Å². The minimum atomic E-state index is -4.26. The molecule has 0 aromatic carbocycles. The molecule has 2 heterocycles. The van der Waals surface area contributed by atoms with Crippen LogP contribution in [-0.4, -0.2) is 39.8 Å². The van der Waals surface area contributed by atoms with Gasteiger partial charge in [0.15, 0.2) is 5.65 Å². The van der Waals surface area contributed by atoms with E-state index in [0.29, 0.717) is 11.2 Å². The van der Waals surface area contributed by atoms with Crippen LogP contribution in [0.2, 0.25) is 0 Å². The lowest BCUT2D eigenvalue weighted by Gasteiger charge is -2.09. The number of fused-ring (bicyclic) bond motifs is 1. The third-order valence-corrected chi connectivity index (χ3v) is 2.10. The quantitative estimate of drug-likeness (QED) is 0.876. The summed E-state index contributed by atoms with van der Waals surface area (Å²) in [4.78, 5) is 14.5. The number of anilines is 1. The molecule has 0 amide bonds. The average molecular weight is 261 g/mol. The molecule has 0 aliphatic rings. The Balaban J connectivity index is 2.18. The lowest BCUT2D eigenvalue weighted by Crippen LogP contribution is -2.14. The summed E-state index contributed by atoms with van der Waals surface area (Å²) >= 11 is 0. The molecule has 0 radical (unpaired) electrons. The third-order valence-electron chi connectivity index (χ3n) is 2.10. The van der Waals surface area contributed by atoms with Crippen LogP contribution in [0.4, 0.5) is 19.1 Å². The van der Waals surface area contributed by atoms with E-state index in [1.165, 1.54) is 6.33 Å². The zero-order valence-electron chi connectivity index (χ0n) is 9.38. The zero-order chi connectivity index (χ0) is 13.2. The van der Waals surface area contributed by atoms with Gasteiger partial charge in [0.25, 0.3) is 0 Å². The number of H-pyrrole nitrogens is 1. The highest BCUT2D eigenvalue weighted by molar-refractivity contribution is 5.76. The lowest BCUT2D eigenvalue weighted by atomic mass is 10.4. The Kier molecular flexibility index (Phi) is 3.21. The van der Waals surface area contributed by atoms with Crippen LogP contribution in [0.1, 0.15) is 6.42 Å². The number of nitrogens with zero attached hydrogens (tertiary/aromatic N) is 3. The summed E-state index contributed by atoms with van der Waals surface area (Å²) in [6.45, 7) is -0.502. The highest BCUT2D eigenvalue weighted by atomic mass is 19.4. The van der Waals surface area contributed by atoms with Crippen LogP contribution >= 0.6 is 0 Å². The molecule has 2 rings (SSSR count). The molecule has 0 atom stereocenters. The van der Waals surface area contributed by atoms with Crippen molar-refractivity contribution in [3.8, 4) is 5.88 Å². The fourth-order valence-electron chi connectivity index (χ4n) is 1.29. The Bertz CT molecular complexity index is 538. The van der Waals surface area contributed by atoms with Gasteiger partial charge >= 0.3 is 6.18 Å². The van der Waals surface area contributed by atoms with Crippen molar-refractivity contribution in [3.63, 3.8) is 0 Å². The van der Waals surface area contributed by atoms with Gasteiger partial charge in [-0.2, -0.15) is 23.1 Å². The molecular formula is C9H10F3N5O. The van der Waals surface area contributed by atoms with Gasteiger partial charge in [-0.25, -0.2) is 4.98 Å². The first-order valence-electron chi connectivity index (χ1n) is 5.08. The van der Waals surface area contributed by atoms with E-state index in [1.807, 2.05) is 0 Å². The second kappa shape index (κ2) is 4.67. The van der Waals surface area contributed by atoms with E-state index >= 15 is 0 Å². The number of aromatic nitrogens is 4. The number of alkyl halides is 3.